The van der Waals surface area contributed by atoms with E-state index in [0.29, 0.717) is 5.75 Å². The van der Waals surface area contributed by atoms with Crippen LogP contribution in [-0.2, 0) is 0 Å². The largest absolute Gasteiger partial charge is 0.491 e. The van der Waals surface area contributed by atoms with Gasteiger partial charge in [0.1, 0.15) is 25.0 Å². The van der Waals surface area contributed by atoms with Crippen molar-refractivity contribution in [2.24, 2.45) is 0 Å². The molecule has 1 saturated heterocycles. The number of aliphatic hydroxyl groups excluding tert-OH is 1. The molecule has 1 aliphatic heterocycles. The number of para-hydroxylation sites is 1. The first-order valence-corrected chi connectivity index (χ1v) is 10.9. The number of aliphatic hydroxyl groups is 1. The van der Waals surface area contributed by atoms with Gasteiger partial charge in [0, 0.05) is 22.3 Å². The van der Waals surface area contributed by atoms with E-state index < -0.39 is 6.10 Å². The molecule has 0 amide bonds. The van der Waals surface area contributed by atoms with Gasteiger partial charge in [-0.15, -0.1) is 0 Å². The molecule has 0 saturated carbocycles. The van der Waals surface area contributed by atoms with Crippen LogP contribution in [0.5, 0.6) is 5.75 Å². The number of Topliss-reactive ketones (excluding diaryl/α,β-unsaturated/α-hetero) is 1. The van der Waals surface area contributed by atoms with Gasteiger partial charge in [-0.1, -0.05) is 18.2 Å². The number of ether oxygens (including phenoxy) is 1. The maximum atomic E-state index is 12.4. The number of aromatic nitrogens is 1. The highest BCUT2D eigenvalue weighted by molar-refractivity contribution is 6.09. The third-order valence-electron chi connectivity index (χ3n) is 6.07. The number of hydrogen-bond acceptors (Lipinski definition) is 3. The highest BCUT2D eigenvalue weighted by Gasteiger charge is 2.20. The summed E-state index contributed by atoms with van der Waals surface area (Å²) in [5.74, 6) is 0.723. The Labute approximate surface area is 177 Å². The number of quaternary nitrogens is 1. The van der Waals surface area contributed by atoms with E-state index in [0.717, 1.165) is 47.5 Å². The second-order valence-electron chi connectivity index (χ2n) is 8.35. The highest BCUT2D eigenvalue weighted by atomic mass is 16.5. The normalized spacial score (nSPS) is 16.0. The minimum atomic E-state index is -0.489. The van der Waals surface area contributed by atoms with Gasteiger partial charge in [0.25, 0.3) is 0 Å². The number of ketones is 1. The molecule has 2 aromatic carbocycles. The molecule has 0 bridgehead atoms. The average Bonchev–Trinajstić information content (AvgIpc) is 3.04. The third kappa shape index (κ3) is 4.27. The van der Waals surface area contributed by atoms with Crippen LogP contribution in [0, 0.1) is 6.92 Å². The Morgan fingerprint density at radius 2 is 1.87 bits per heavy atom. The number of nitrogens with zero attached hydrogens (tertiary/aromatic N) is 1. The first-order valence-electron chi connectivity index (χ1n) is 10.9. The van der Waals surface area contributed by atoms with Crippen LogP contribution in [0.4, 0.5) is 0 Å². The van der Waals surface area contributed by atoms with Crippen molar-refractivity contribution < 1.29 is 19.5 Å². The van der Waals surface area contributed by atoms with Crippen molar-refractivity contribution in [2.45, 2.75) is 39.2 Å². The molecule has 1 fully saturated rings. The highest BCUT2D eigenvalue weighted by Crippen LogP contribution is 2.32. The Hall–Kier alpha value is -2.63. The molecular weight excluding hydrogens is 376 g/mol. The van der Waals surface area contributed by atoms with Crippen LogP contribution in [0.3, 0.4) is 0 Å². The molecule has 0 aliphatic carbocycles. The van der Waals surface area contributed by atoms with Gasteiger partial charge in [-0.2, -0.15) is 0 Å². The number of carbonyl (C=O) groups excluding carboxylic acids is 1. The van der Waals surface area contributed by atoms with Gasteiger partial charge in [-0.3, -0.25) is 4.79 Å². The van der Waals surface area contributed by atoms with Crippen LogP contribution in [0.25, 0.3) is 16.6 Å². The Balaban J connectivity index is 1.57. The molecule has 0 radical (unpaired) electrons. The van der Waals surface area contributed by atoms with Crippen LogP contribution in [0.1, 0.15) is 42.2 Å². The van der Waals surface area contributed by atoms with Crippen molar-refractivity contribution in [3.05, 3.63) is 59.8 Å². The fourth-order valence-electron chi connectivity index (χ4n) is 4.68. The zero-order valence-electron chi connectivity index (χ0n) is 17.9. The molecule has 1 aromatic heterocycles. The number of hydrogen-bond donors (Lipinski definition) is 2. The van der Waals surface area contributed by atoms with Crippen LogP contribution in [-0.4, -0.2) is 47.8 Å². The van der Waals surface area contributed by atoms with Crippen molar-refractivity contribution in [1.29, 1.82) is 0 Å². The van der Waals surface area contributed by atoms with Gasteiger partial charge < -0.3 is 19.3 Å². The van der Waals surface area contributed by atoms with Gasteiger partial charge in [-0.25, -0.2) is 0 Å². The lowest BCUT2D eigenvalue weighted by Gasteiger charge is -2.25. The summed E-state index contributed by atoms with van der Waals surface area (Å²) in [6.07, 6.45) is 3.30. The maximum absolute atomic E-state index is 12.4. The summed E-state index contributed by atoms with van der Waals surface area (Å²) in [7, 11) is 0. The van der Waals surface area contributed by atoms with Crippen molar-refractivity contribution >= 4 is 16.7 Å². The molecule has 5 heteroatoms. The van der Waals surface area contributed by atoms with Crippen molar-refractivity contribution in [3.63, 3.8) is 0 Å². The average molecular weight is 408 g/mol. The Morgan fingerprint density at radius 3 is 2.57 bits per heavy atom. The number of likely N-dealkylation sites (tertiary alicyclic amines) is 1. The Morgan fingerprint density at radius 1 is 1.13 bits per heavy atom. The van der Waals surface area contributed by atoms with E-state index in [1.165, 1.54) is 24.2 Å². The van der Waals surface area contributed by atoms with Crippen LogP contribution in [0.2, 0.25) is 0 Å². The monoisotopic (exact) mass is 407 g/mol. The van der Waals surface area contributed by atoms with Crippen molar-refractivity contribution in [2.75, 3.05) is 26.2 Å². The lowest BCUT2D eigenvalue weighted by molar-refractivity contribution is -0.908. The standard InChI is InChI=1S/C25H30N2O3/c1-18-25(19(2)28)23-15-22(30-17-21(29)16-26-13-7-4-8-14-26)11-12-24(23)27(18)20-9-5-3-6-10-20/h3,5-6,9-12,15,21,29H,4,7-8,13-14,16-17H2,1-2H3/p+1/t21-/m0/s1. The molecular formula is C25H31N2O3+. The number of benzene rings is 2. The molecule has 5 nitrogen and oxygen atoms in total. The summed E-state index contributed by atoms with van der Waals surface area (Å²) in [6.45, 7) is 6.85. The number of nitrogens with one attached hydrogen (secondary N) is 1. The van der Waals surface area contributed by atoms with Crippen LogP contribution >= 0.6 is 0 Å². The Bertz CT molecular complexity index is 1020. The minimum absolute atomic E-state index is 0.0399. The van der Waals surface area contributed by atoms with Gasteiger partial charge in [0.2, 0.25) is 0 Å². The lowest BCUT2D eigenvalue weighted by Crippen LogP contribution is -3.14. The molecule has 2 N–H and O–H groups in total. The number of rotatable bonds is 7. The number of carbonyl (C=O) groups is 1. The van der Waals surface area contributed by atoms with Gasteiger partial charge in [0.15, 0.2) is 5.78 Å². The lowest BCUT2D eigenvalue weighted by atomic mass is 10.1. The molecule has 2 heterocycles. The summed E-state index contributed by atoms with van der Waals surface area (Å²) in [6, 6.07) is 15.9. The third-order valence-corrected chi connectivity index (χ3v) is 6.07. The second-order valence-corrected chi connectivity index (χ2v) is 8.35. The SMILES string of the molecule is CC(=O)c1c(C)n(-c2ccccc2)c2ccc(OC[C@@H](O)C[NH+]3CCCCC3)cc12. The van der Waals surface area contributed by atoms with E-state index in [1.54, 1.807) is 6.92 Å². The summed E-state index contributed by atoms with van der Waals surface area (Å²) in [5, 5.41) is 11.3. The van der Waals surface area contributed by atoms with Crippen molar-refractivity contribution in [1.82, 2.24) is 4.57 Å². The summed E-state index contributed by atoms with van der Waals surface area (Å²) in [4.78, 5) is 13.9. The summed E-state index contributed by atoms with van der Waals surface area (Å²) < 4.78 is 8.04. The zero-order chi connectivity index (χ0) is 21.1. The number of fused-ring (bicyclic) bond motifs is 1. The maximum Gasteiger partial charge on any atom is 0.162 e. The van der Waals surface area contributed by atoms with E-state index >= 15 is 0 Å². The van der Waals surface area contributed by atoms with E-state index in [2.05, 4.69) is 4.57 Å². The van der Waals surface area contributed by atoms with Gasteiger partial charge in [0.05, 0.1) is 18.6 Å². The molecule has 1 atom stereocenters. The molecule has 30 heavy (non-hydrogen) atoms. The first-order chi connectivity index (χ1) is 14.5. The minimum Gasteiger partial charge on any atom is -0.491 e. The quantitative estimate of drug-likeness (QED) is 0.592. The topological polar surface area (TPSA) is 55.9 Å². The van der Waals surface area contributed by atoms with E-state index in [1.807, 2.05) is 55.5 Å². The number of piperidine rings is 1. The van der Waals surface area contributed by atoms with Crippen LogP contribution < -0.4 is 9.64 Å². The predicted octanol–water partition coefficient (Wildman–Crippen LogP) is 2.95. The van der Waals surface area contributed by atoms with Crippen LogP contribution in [0.15, 0.2) is 48.5 Å². The van der Waals surface area contributed by atoms with Gasteiger partial charge in [-0.05, 0) is 63.4 Å². The van der Waals surface area contributed by atoms with E-state index in [4.69, 9.17) is 4.74 Å². The fraction of sp³-hybridized carbons (Fsp3) is 0.400. The molecule has 0 unspecified atom stereocenters. The van der Waals surface area contributed by atoms with Gasteiger partial charge >= 0.3 is 0 Å². The second kappa shape index (κ2) is 9.02. The predicted molar refractivity (Wildman–Crippen MR) is 119 cm³/mol. The van der Waals surface area contributed by atoms with Crippen molar-refractivity contribution in [3.8, 4) is 11.4 Å². The smallest absolute Gasteiger partial charge is 0.162 e. The van der Waals surface area contributed by atoms with E-state index in [-0.39, 0.29) is 12.4 Å². The first kappa shape index (κ1) is 20.6. The summed E-state index contributed by atoms with van der Waals surface area (Å²) in [5.41, 5.74) is 3.66. The fourth-order valence-corrected chi connectivity index (χ4v) is 4.68. The molecule has 158 valence electrons. The Kier molecular flexibility index (Phi) is 6.21. The molecule has 3 aromatic rings. The molecule has 0 spiro atoms. The molecule has 1 aliphatic rings. The summed E-state index contributed by atoms with van der Waals surface area (Å²) >= 11 is 0. The molecule has 4 rings (SSSR count). The zero-order valence-corrected chi connectivity index (χ0v) is 17.9. The van der Waals surface area contributed by atoms with E-state index in [9.17, 15) is 9.90 Å².